The summed E-state index contributed by atoms with van der Waals surface area (Å²) in [6.07, 6.45) is 2.09. The Morgan fingerprint density at radius 1 is 0.967 bits per heavy atom. The fourth-order valence-corrected chi connectivity index (χ4v) is 3.87. The third kappa shape index (κ3) is 3.69. The van der Waals surface area contributed by atoms with E-state index >= 15 is 0 Å². The van der Waals surface area contributed by atoms with Gasteiger partial charge in [-0.15, -0.1) is 5.10 Å². The first-order valence-electron chi connectivity index (χ1n) is 10.1. The fraction of sp³-hybridized carbons (Fsp3) is 0.208. The second-order valence-electron chi connectivity index (χ2n) is 7.45. The molecule has 30 heavy (non-hydrogen) atoms. The van der Waals surface area contributed by atoms with Gasteiger partial charge in [0.2, 0.25) is 5.91 Å². The zero-order valence-electron chi connectivity index (χ0n) is 16.5. The van der Waals surface area contributed by atoms with Crippen LogP contribution >= 0.6 is 0 Å². The molecule has 1 atom stereocenters. The van der Waals surface area contributed by atoms with Crippen molar-refractivity contribution in [3.8, 4) is 11.1 Å². The van der Waals surface area contributed by atoms with E-state index in [1.54, 1.807) is 4.52 Å². The third-order valence-electron chi connectivity index (χ3n) is 5.47. The van der Waals surface area contributed by atoms with E-state index in [9.17, 15) is 4.79 Å². The summed E-state index contributed by atoms with van der Waals surface area (Å²) in [5.41, 5.74) is 4.89. The zero-order valence-corrected chi connectivity index (χ0v) is 16.5. The molecule has 1 saturated heterocycles. The highest BCUT2D eigenvalue weighted by molar-refractivity contribution is 5.79. The van der Waals surface area contributed by atoms with Gasteiger partial charge >= 0.3 is 0 Å². The maximum atomic E-state index is 12.8. The van der Waals surface area contributed by atoms with E-state index in [1.165, 1.54) is 0 Å². The van der Waals surface area contributed by atoms with Crippen molar-refractivity contribution in [2.45, 2.75) is 12.5 Å². The monoisotopic (exact) mass is 398 g/mol. The summed E-state index contributed by atoms with van der Waals surface area (Å²) >= 11 is 0. The maximum absolute atomic E-state index is 12.8. The second-order valence-corrected chi connectivity index (χ2v) is 7.45. The van der Waals surface area contributed by atoms with E-state index in [-0.39, 0.29) is 12.0 Å². The Balaban J connectivity index is 1.35. The minimum atomic E-state index is -0.279. The van der Waals surface area contributed by atoms with E-state index in [0.29, 0.717) is 26.1 Å². The van der Waals surface area contributed by atoms with Crippen molar-refractivity contribution in [2.24, 2.45) is 0 Å². The van der Waals surface area contributed by atoms with Crippen LogP contribution in [0.1, 0.15) is 17.4 Å². The van der Waals surface area contributed by atoms with Gasteiger partial charge in [-0.05, 0) is 17.2 Å². The molecule has 6 nitrogen and oxygen atoms in total. The first-order chi connectivity index (χ1) is 14.8. The average Bonchev–Trinajstić information content (AvgIpc) is 3.24. The molecule has 4 aromatic rings. The van der Waals surface area contributed by atoms with Crippen LogP contribution < -0.4 is 0 Å². The summed E-state index contributed by atoms with van der Waals surface area (Å²) in [5, 5.41) is 8.68. The van der Waals surface area contributed by atoms with Crippen molar-refractivity contribution in [3.05, 3.63) is 90.3 Å². The number of hydrogen-bond acceptors (Lipinski definition) is 4. The van der Waals surface area contributed by atoms with Crippen LogP contribution in [0, 0.1) is 0 Å². The SMILES string of the molecule is O=C(Cc1ccccc1)N1CCOC(c2nnn3cc(-c4ccccc4)ccc23)C1. The standard InChI is InChI=1S/C24H22N4O2/c29-23(15-18-7-3-1-4-8-18)27-13-14-30-22(17-27)24-21-12-11-20(16-28(21)26-25-24)19-9-5-2-6-10-19/h1-12,16,22H,13-15,17H2. The first-order valence-corrected chi connectivity index (χ1v) is 10.1. The number of benzene rings is 2. The van der Waals surface area contributed by atoms with Gasteiger partial charge in [0.25, 0.3) is 0 Å². The Labute approximate surface area is 174 Å². The largest absolute Gasteiger partial charge is 0.368 e. The van der Waals surface area contributed by atoms with Gasteiger partial charge in [0.15, 0.2) is 0 Å². The molecule has 1 aliphatic rings. The normalized spacial score (nSPS) is 16.7. The van der Waals surface area contributed by atoms with Crippen LogP contribution in [0.15, 0.2) is 79.0 Å². The van der Waals surface area contributed by atoms with Gasteiger partial charge in [0.1, 0.15) is 11.8 Å². The van der Waals surface area contributed by atoms with Gasteiger partial charge in [-0.2, -0.15) is 0 Å². The van der Waals surface area contributed by atoms with Crippen molar-refractivity contribution in [1.82, 2.24) is 19.7 Å². The molecule has 1 aliphatic heterocycles. The number of fused-ring (bicyclic) bond motifs is 1. The molecule has 2 aromatic carbocycles. The van der Waals surface area contributed by atoms with E-state index in [4.69, 9.17) is 4.74 Å². The topological polar surface area (TPSA) is 59.7 Å². The lowest BCUT2D eigenvalue weighted by Gasteiger charge is -2.32. The molecular weight excluding hydrogens is 376 g/mol. The van der Waals surface area contributed by atoms with Crippen LogP contribution in [0.2, 0.25) is 0 Å². The number of morpholine rings is 1. The van der Waals surface area contributed by atoms with Crippen LogP contribution in [-0.4, -0.2) is 45.3 Å². The number of amides is 1. The Morgan fingerprint density at radius 2 is 1.73 bits per heavy atom. The Bertz CT molecular complexity index is 1160. The highest BCUT2D eigenvalue weighted by Crippen LogP contribution is 2.27. The summed E-state index contributed by atoms with van der Waals surface area (Å²) in [5.74, 6) is 0.109. The number of carbonyl (C=O) groups is 1. The molecule has 0 radical (unpaired) electrons. The van der Waals surface area contributed by atoms with Gasteiger partial charge in [0.05, 0.1) is 25.1 Å². The molecule has 0 bridgehead atoms. The van der Waals surface area contributed by atoms with Crippen LogP contribution in [0.4, 0.5) is 0 Å². The molecule has 1 amide bonds. The van der Waals surface area contributed by atoms with Crippen LogP contribution in [0.3, 0.4) is 0 Å². The highest BCUT2D eigenvalue weighted by atomic mass is 16.5. The average molecular weight is 398 g/mol. The minimum absolute atomic E-state index is 0.109. The van der Waals surface area contributed by atoms with E-state index < -0.39 is 0 Å². The summed E-state index contributed by atoms with van der Waals surface area (Å²) in [7, 11) is 0. The summed E-state index contributed by atoms with van der Waals surface area (Å²) < 4.78 is 7.75. The van der Waals surface area contributed by atoms with Crippen molar-refractivity contribution >= 4 is 11.4 Å². The lowest BCUT2D eigenvalue weighted by atomic mass is 10.1. The molecule has 0 saturated carbocycles. The molecule has 0 N–H and O–H groups in total. The van der Waals surface area contributed by atoms with Gasteiger partial charge in [-0.25, -0.2) is 4.52 Å². The van der Waals surface area contributed by atoms with Crippen LogP contribution in [0.5, 0.6) is 0 Å². The minimum Gasteiger partial charge on any atom is -0.368 e. The number of pyridine rings is 1. The van der Waals surface area contributed by atoms with Crippen molar-refractivity contribution < 1.29 is 9.53 Å². The summed E-state index contributed by atoms with van der Waals surface area (Å²) in [6.45, 7) is 1.58. The number of aromatic nitrogens is 3. The Morgan fingerprint density at radius 3 is 2.53 bits per heavy atom. The first kappa shape index (κ1) is 18.5. The highest BCUT2D eigenvalue weighted by Gasteiger charge is 2.28. The summed E-state index contributed by atoms with van der Waals surface area (Å²) in [6, 6.07) is 24.1. The Hall–Kier alpha value is -3.51. The number of hydrogen-bond donors (Lipinski definition) is 0. The lowest BCUT2D eigenvalue weighted by molar-refractivity contribution is -0.138. The number of rotatable bonds is 4. The van der Waals surface area contributed by atoms with Gasteiger partial charge in [-0.1, -0.05) is 71.9 Å². The molecule has 0 spiro atoms. The molecule has 150 valence electrons. The molecular formula is C24H22N4O2. The smallest absolute Gasteiger partial charge is 0.227 e. The Kier molecular flexibility index (Phi) is 4.99. The molecule has 0 aliphatic carbocycles. The molecule has 6 heteroatoms. The number of carbonyl (C=O) groups excluding carboxylic acids is 1. The molecule has 3 heterocycles. The third-order valence-corrected chi connectivity index (χ3v) is 5.47. The van der Waals surface area contributed by atoms with Crippen LogP contribution in [0.25, 0.3) is 16.6 Å². The summed E-state index contributed by atoms with van der Waals surface area (Å²) in [4.78, 5) is 14.6. The molecule has 2 aromatic heterocycles. The van der Waals surface area contributed by atoms with Gasteiger partial charge in [0, 0.05) is 18.3 Å². The fourth-order valence-electron chi connectivity index (χ4n) is 3.87. The van der Waals surface area contributed by atoms with Crippen molar-refractivity contribution in [3.63, 3.8) is 0 Å². The van der Waals surface area contributed by atoms with Crippen molar-refractivity contribution in [1.29, 1.82) is 0 Å². The van der Waals surface area contributed by atoms with E-state index in [0.717, 1.165) is 27.9 Å². The quantitative estimate of drug-likeness (QED) is 0.528. The lowest BCUT2D eigenvalue weighted by Crippen LogP contribution is -2.43. The van der Waals surface area contributed by atoms with Crippen molar-refractivity contribution in [2.75, 3.05) is 19.7 Å². The molecule has 5 rings (SSSR count). The number of nitrogens with zero attached hydrogens (tertiary/aromatic N) is 4. The predicted octanol–water partition coefficient (Wildman–Crippen LogP) is 3.54. The zero-order chi connectivity index (χ0) is 20.3. The van der Waals surface area contributed by atoms with E-state index in [2.05, 4.69) is 28.5 Å². The molecule has 1 unspecified atom stereocenters. The second kappa shape index (κ2) is 8.08. The van der Waals surface area contributed by atoms with Crippen LogP contribution in [-0.2, 0) is 16.0 Å². The van der Waals surface area contributed by atoms with Gasteiger partial charge < -0.3 is 9.64 Å². The maximum Gasteiger partial charge on any atom is 0.227 e. The molecule has 1 fully saturated rings. The van der Waals surface area contributed by atoms with E-state index in [1.807, 2.05) is 65.7 Å². The predicted molar refractivity (Wildman–Crippen MR) is 114 cm³/mol. The van der Waals surface area contributed by atoms with Gasteiger partial charge in [-0.3, -0.25) is 4.79 Å². The number of ether oxygens (including phenoxy) is 1.